The van der Waals surface area contributed by atoms with Gasteiger partial charge in [-0.2, -0.15) is 0 Å². The Morgan fingerprint density at radius 3 is 2.62 bits per heavy atom. The molecule has 2 aromatic rings. The van der Waals surface area contributed by atoms with E-state index in [1.54, 1.807) is 0 Å². The zero-order valence-corrected chi connectivity index (χ0v) is 10.2. The third-order valence-electron chi connectivity index (χ3n) is 3.41. The summed E-state index contributed by atoms with van der Waals surface area (Å²) in [6.07, 6.45) is 1.78. The maximum absolute atomic E-state index is 8.92. The monoisotopic (exact) mass is 217 g/mol. The SMILES string of the molecule is Cc1ccc2c(CCCO)c(C)[nH]c2c1C. The fourth-order valence-electron chi connectivity index (χ4n) is 2.27. The Balaban J connectivity index is 2.58. The second kappa shape index (κ2) is 4.30. The lowest BCUT2D eigenvalue weighted by molar-refractivity contribution is 0.288. The Labute approximate surface area is 96.3 Å². The number of nitrogens with one attached hydrogen (secondary N) is 1. The van der Waals surface area contributed by atoms with Gasteiger partial charge < -0.3 is 10.1 Å². The van der Waals surface area contributed by atoms with Gasteiger partial charge in [-0.1, -0.05) is 12.1 Å². The van der Waals surface area contributed by atoms with Gasteiger partial charge in [0.25, 0.3) is 0 Å². The first-order chi connectivity index (χ1) is 7.65. The van der Waals surface area contributed by atoms with Gasteiger partial charge in [0, 0.05) is 23.2 Å². The van der Waals surface area contributed by atoms with E-state index >= 15 is 0 Å². The topological polar surface area (TPSA) is 36.0 Å². The number of rotatable bonds is 3. The number of aromatic amines is 1. The van der Waals surface area contributed by atoms with E-state index in [0.29, 0.717) is 0 Å². The lowest BCUT2D eigenvalue weighted by Gasteiger charge is -2.02. The first-order valence-corrected chi connectivity index (χ1v) is 5.83. The van der Waals surface area contributed by atoms with E-state index in [1.165, 1.54) is 33.3 Å². The molecule has 0 amide bonds. The van der Waals surface area contributed by atoms with E-state index in [1.807, 2.05) is 0 Å². The molecule has 2 heteroatoms. The van der Waals surface area contributed by atoms with E-state index in [4.69, 9.17) is 5.11 Å². The maximum atomic E-state index is 8.92. The summed E-state index contributed by atoms with van der Waals surface area (Å²) < 4.78 is 0. The molecule has 16 heavy (non-hydrogen) atoms. The van der Waals surface area contributed by atoms with Crippen LogP contribution < -0.4 is 0 Å². The normalized spacial score (nSPS) is 11.2. The highest BCUT2D eigenvalue weighted by Gasteiger charge is 2.10. The van der Waals surface area contributed by atoms with Crippen molar-refractivity contribution in [3.63, 3.8) is 0 Å². The van der Waals surface area contributed by atoms with Crippen LogP contribution in [0.5, 0.6) is 0 Å². The van der Waals surface area contributed by atoms with Crippen LogP contribution in [0.4, 0.5) is 0 Å². The van der Waals surface area contributed by atoms with Crippen molar-refractivity contribution in [2.45, 2.75) is 33.6 Å². The number of hydrogen-bond donors (Lipinski definition) is 2. The van der Waals surface area contributed by atoms with Gasteiger partial charge in [-0.3, -0.25) is 0 Å². The number of aliphatic hydroxyl groups is 1. The van der Waals surface area contributed by atoms with E-state index in [9.17, 15) is 0 Å². The summed E-state index contributed by atoms with van der Waals surface area (Å²) in [7, 11) is 0. The highest BCUT2D eigenvalue weighted by Crippen LogP contribution is 2.27. The molecular formula is C14H19NO. The molecule has 0 aliphatic rings. The number of H-pyrrole nitrogens is 1. The van der Waals surface area contributed by atoms with Gasteiger partial charge >= 0.3 is 0 Å². The van der Waals surface area contributed by atoms with Crippen LogP contribution in [0.2, 0.25) is 0 Å². The molecule has 0 bridgehead atoms. The zero-order valence-electron chi connectivity index (χ0n) is 10.2. The van der Waals surface area contributed by atoms with Crippen LogP contribution in [0.15, 0.2) is 12.1 Å². The molecule has 2 N–H and O–H groups in total. The summed E-state index contributed by atoms with van der Waals surface area (Å²) in [6.45, 7) is 6.67. The van der Waals surface area contributed by atoms with Crippen LogP contribution in [0.1, 0.15) is 28.8 Å². The number of fused-ring (bicyclic) bond motifs is 1. The van der Waals surface area contributed by atoms with Crippen LogP contribution in [0, 0.1) is 20.8 Å². The Hall–Kier alpha value is -1.28. The van der Waals surface area contributed by atoms with Gasteiger partial charge in [-0.05, 0) is 50.3 Å². The number of hydrogen-bond acceptors (Lipinski definition) is 1. The minimum absolute atomic E-state index is 0.261. The fraction of sp³-hybridized carbons (Fsp3) is 0.429. The van der Waals surface area contributed by atoms with Gasteiger partial charge in [0.05, 0.1) is 0 Å². The van der Waals surface area contributed by atoms with Gasteiger partial charge in [-0.15, -0.1) is 0 Å². The van der Waals surface area contributed by atoms with Gasteiger partial charge in [-0.25, -0.2) is 0 Å². The van der Waals surface area contributed by atoms with Crippen LogP contribution in [-0.4, -0.2) is 16.7 Å². The van der Waals surface area contributed by atoms with Crippen molar-refractivity contribution >= 4 is 10.9 Å². The molecule has 0 saturated carbocycles. The molecule has 1 heterocycles. The molecule has 0 fully saturated rings. The predicted molar refractivity (Wildman–Crippen MR) is 67.9 cm³/mol. The molecule has 0 aliphatic heterocycles. The van der Waals surface area contributed by atoms with E-state index in [0.717, 1.165) is 12.8 Å². The molecule has 2 rings (SSSR count). The van der Waals surface area contributed by atoms with E-state index in [-0.39, 0.29) is 6.61 Å². The molecule has 0 spiro atoms. The van der Waals surface area contributed by atoms with E-state index < -0.39 is 0 Å². The first-order valence-electron chi connectivity index (χ1n) is 5.83. The molecule has 2 nitrogen and oxygen atoms in total. The van der Waals surface area contributed by atoms with Gasteiger partial charge in [0.2, 0.25) is 0 Å². The summed E-state index contributed by atoms with van der Waals surface area (Å²) in [4.78, 5) is 3.46. The number of benzene rings is 1. The lowest BCUT2D eigenvalue weighted by Crippen LogP contribution is -1.90. The molecule has 0 radical (unpaired) electrons. The molecule has 0 aliphatic carbocycles. The second-order valence-corrected chi connectivity index (χ2v) is 4.49. The van der Waals surface area contributed by atoms with Gasteiger partial charge in [0.15, 0.2) is 0 Å². The van der Waals surface area contributed by atoms with Crippen molar-refractivity contribution in [1.82, 2.24) is 4.98 Å². The molecule has 1 aromatic carbocycles. The summed E-state index contributed by atoms with van der Waals surface area (Å²) in [5.41, 5.74) is 6.49. The highest BCUT2D eigenvalue weighted by atomic mass is 16.2. The van der Waals surface area contributed by atoms with Crippen molar-refractivity contribution in [3.05, 3.63) is 34.5 Å². The highest BCUT2D eigenvalue weighted by molar-refractivity contribution is 5.88. The Kier molecular flexibility index (Phi) is 3.01. The van der Waals surface area contributed by atoms with Crippen molar-refractivity contribution in [2.75, 3.05) is 6.61 Å². The predicted octanol–water partition coefficient (Wildman–Crippen LogP) is 3.02. The first kappa shape index (κ1) is 11.2. The maximum Gasteiger partial charge on any atom is 0.0491 e. The molecule has 0 saturated heterocycles. The molecule has 0 atom stereocenters. The molecule has 1 aromatic heterocycles. The quantitative estimate of drug-likeness (QED) is 0.814. The van der Waals surface area contributed by atoms with Crippen molar-refractivity contribution in [3.8, 4) is 0 Å². The average molecular weight is 217 g/mol. The standard InChI is InChI=1S/C14H19NO/c1-9-6-7-13-12(5-4-8-16)11(3)15-14(13)10(9)2/h6-7,15-16H,4-5,8H2,1-3H3. The van der Waals surface area contributed by atoms with Gasteiger partial charge in [0.1, 0.15) is 0 Å². The Morgan fingerprint density at radius 1 is 1.19 bits per heavy atom. The van der Waals surface area contributed by atoms with Crippen LogP contribution in [0.25, 0.3) is 10.9 Å². The average Bonchev–Trinajstić information content (AvgIpc) is 2.58. The molecular weight excluding hydrogens is 198 g/mol. The van der Waals surface area contributed by atoms with Crippen LogP contribution in [0.3, 0.4) is 0 Å². The third kappa shape index (κ3) is 1.74. The fourth-order valence-corrected chi connectivity index (χ4v) is 2.27. The zero-order chi connectivity index (χ0) is 11.7. The van der Waals surface area contributed by atoms with Crippen LogP contribution in [-0.2, 0) is 6.42 Å². The number of aryl methyl sites for hydroxylation is 4. The summed E-state index contributed by atoms with van der Waals surface area (Å²) in [5.74, 6) is 0. The summed E-state index contributed by atoms with van der Waals surface area (Å²) in [5, 5.41) is 10.2. The minimum Gasteiger partial charge on any atom is -0.396 e. The second-order valence-electron chi connectivity index (χ2n) is 4.49. The third-order valence-corrected chi connectivity index (χ3v) is 3.41. The van der Waals surface area contributed by atoms with E-state index in [2.05, 4.69) is 37.9 Å². The van der Waals surface area contributed by atoms with Crippen LogP contribution >= 0.6 is 0 Å². The molecule has 86 valence electrons. The smallest absolute Gasteiger partial charge is 0.0491 e. The largest absolute Gasteiger partial charge is 0.396 e. The number of aliphatic hydroxyl groups excluding tert-OH is 1. The Bertz CT molecular complexity index is 511. The summed E-state index contributed by atoms with van der Waals surface area (Å²) in [6, 6.07) is 4.36. The van der Waals surface area contributed by atoms with Crippen molar-refractivity contribution < 1.29 is 5.11 Å². The summed E-state index contributed by atoms with van der Waals surface area (Å²) >= 11 is 0. The lowest BCUT2D eigenvalue weighted by atomic mass is 10.0. The van der Waals surface area contributed by atoms with Crippen molar-refractivity contribution in [1.29, 1.82) is 0 Å². The molecule has 0 unspecified atom stereocenters. The van der Waals surface area contributed by atoms with Crippen molar-refractivity contribution in [2.24, 2.45) is 0 Å². The minimum atomic E-state index is 0.261. The number of aromatic nitrogens is 1. The Morgan fingerprint density at radius 2 is 1.94 bits per heavy atom.